The lowest BCUT2D eigenvalue weighted by atomic mass is 10.1. The van der Waals surface area contributed by atoms with E-state index in [2.05, 4.69) is 14.7 Å². The molecule has 26 heavy (non-hydrogen) atoms. The third-order valence-corrected chi connectivity index (χ3v) is 6.95. The minimum atomic E-state index is -3.68. The zero-order chi connectivity index (χ0) is 18.3. The van der Waals surface area contributed by atoms with Crippen LogP contribution in [0.15, 0.2) is 59.1 Å². The fourth-order valence-electron chi connectivity index (χ4n) is 2.65. The number of thiophene rings is 1. The van der Waals surface area contributed by atoms with Crippen LogP contribution < -0.4 is 4.72 Å². The van der Waals surface area contributed by atoms with Crippen LogP contribution in [0.3, 0.4) is 0 Å². The summed E-state index contributed by atoms with van der Waals surface area (Å²) in [4.78, 5) is 8.78. The minimum absolute atomic E-state index is 0.168. The number of nitrogens with one attached hydrogen (secondary N) is 1. The summed E-state index contributed by atoms with van der Waals surface area (Å²) in [6.45, 7) is 1.95. The largest absolute Gasteiger partial charge is 0.288 e. The third-order valence-electron chi connectivity index (χ3n) is 3.84. The van der Waals surface area contributed by atoms with Crippen LogP contribution >= 0.6 is 22.9 Å². The number of fused-ring (bicyclic) bond motifs is 1. The number of imidazole rings is 1. The summed E-state index contributed by atoms with van der Waals surface area (Å²) >= 11 is 6.85. The summed E-state index contributed by atoms with van der Waals surface area (Å²) < 4.78 is 30.0. The zero-order valence-corrected chi connectivity index (χ0v) is 15.9. The van der Waals surface area contributed by atoms with Crippen LogP contribution in [-0.4, -0.2) is 22.8 Å². The number of halogens is 1. The van der Waals surface area contributed by atoms with Gasteiger partial charge in [-0.1, -0.05) is 23.7 Å². The molecule has 0 amide bonds. The van der Waals surface area contributed by atoms with E-state index in [9.17, 15) is 8.42 Å². The van der Waals surface area contributed by atoms with Crippen molar-refractivity contribution in [1.29, 1.82) is 0 Å². The second kappa shape index (κ2) is 6.39. The molecule has 0 spiro atoms. The molecule has 0 saturated heterocycles. The molecule has 1 aromatic carbocycles. The van der Waals surface area contributed by atoms with Gasteiger partial charge in [0.2, 0.25) is 5.78 Å². The van der Waals surface area contributed by atoms with E-state index in [0.717, 1.165) is 28.3 Å². The molecular formula is C17H13ClN4O2S2. The van der Waals surface area contributed by atoms with Gasteiger partial charge >= 0.3 is 0 Å². The van der Waals surface area contributed by atoms with Gasteiger partial charge in [0.15, 0.2) is 0 Å². The number of hydrogen-bond donors (Lipinski definition) is 1. The topological polar surface area (TPSA) is 76.4 Å². The number of anilines is 1. The van der Waals surface area contributed by atoms with Crippen molar-refractivity contribution in [3.63, 3.8) is 0 Å². The first-order valence-corrected chi connectivity index (χ1v) is 10.3. The lowest BCUT2D eigenvalue weighted by Gasteiger charge is -2.08. The van der Waals surface area contributed by atoms with Crippen molar-refractivity contribution in [3.05, 3.63) is 64.9 Å². The Kier molecular flexibility index (Phi) is 4.18. The highest BCUT2D eigenvalue weighted by Crippen LogP contribution is 2.29. The van der Waals surface area contributed by atoms with Gasteiger partial charge in [-0.15, -0.1) is 11.3 Å². The van der Waals surface area contributed by atoms with Crippen molar-refractivity contribution in [2.45, 2.75) is 11.1 Å². The summed E-state index contributed by atoms with van der Waals surface area (Å²) in [7, 11) is -3.68. The van der Waals surface area contributed by atoms with E-state index < -0.39 is 10.0 Å². The second-order valence-corrected chi connectivity index (χ2v) is 9.20. The average molecular weight is 405 g/mol. The van der Waals surface area contributed by atoms with Gasteiger partial charge in [-0.3, -0.25) is 9.12 Å². The van der Waals surface area contributed by atoms with Crippen LogP contribution in [-0.2, 0) is 10.0 Å². The molecule has 9 heteroatoms. The molecule has 0 aliphatic carbocycles. The number of benzene rings is 1. The molecular weight excluding hydrogens is 392 g/mol. The van der Waals surface area contributed by atoms with Gasteiger partial charge in [-0.25, -0.2) is 18.4 Å². The van der Waals surface area contributed by atoms with Crippen LogP contribution in [0, 0.1) is 6.92 Å². The summed E-state index contributed by atoms with van der Waals surface area (Å²) in [5.41, 5.74) is 2.94. The highest BCUT2D eigenvalue weighted by Gasteiger charge is 2.18. The predicted octanol–water partition coefficient (Wildman–Crippen LogP) is 4.22. The van der Waals surface area contributed by atoms with Crippen molar-refractivity contribution in [1.82, 2.24) is 14.4 Å². The Morgan fingerprint density at radius 2 is 2.04 bits per heavy atom. The summed E-state index contributed by atoms with van der Waals surface area (Å²) in [6.07, 6.45) is 3.57. The van der Waals surface area contributed by atoms with Crippen LogP contribution in [0.25, 0.3) is 17.0 Å². The summed E-state index contributed by atoms with van der Waals surface area (Å²) in [6, 6.07) is 12.0. The standard InChI is InChI=1S/C17H13ClN4O2S2/c1-11-16(20-17-19-8-3-9-22(11)17)12-4-2-5-13(10-12)21-26(23,24)15-7-6-14(18)25-15/h2-10,21H,1H3. The molecule has 3 aromatic heterocycles. The second-order valence-electron chi connectivity index (χ2n) is 5.58. The molecule has 0 bridgehead atoms. The Hall–Kier alpha value is -2.42. The SMILES string of the molecule is Cc1c(-c2cccc(NS(=O)(=O)c3ccc(Cl)s3)c2)nc2ncccn12. The Morgan fingerprint density at radius 1 is 1.19 bits per heavy atom. The van der Waals surface area contributed by atoms with Crippen molar-refractivity contribution in [3.8, 4) is 11.3 Å². The highest BCUT2D eigenvalue weighted by molar-refractivity contribution is 7.94. The molecule has 132 valence electrons. The van der Waals surface area contributed by atoms with E-state index in [4.69, 9.17) is 11.6 Å². The Bertz CT molecular complexity index is 1210. The first-order chi connectivity index (χ1) is 12.4. The molecule has 3 heterocycles. The molecule has 0 aliphatic rings. The molecule has 0 radical (unpaired) electrons. The van der Waals surface area contributed by atoms with Crippen molar-refractivity contribution >= 4 is 44.4 Å². The first-order valence-electron chi connectivity index (χ1n) is 7.62. The normalized spacial score (nSPS) is 11.8. The van der Waals surface area contributed by atoms with Crippen LogP contribution in [0.4, 0.5) is 5.69 Å². The number of sulfonamides is 1. The van der Waals surface area contributed by atoms with Gasteiger partial charge in [0.25, 0.3) is 10.0 Å². The lowest BCUT2D eigenvalue weighted by Crippen LogP contribution is -2.11. The Labute approximate surface area is 159 Å². The number of nitrogens with zero attached hydrogens (tertiary/aromatic N) is 3. The van der Waals surface area contributed by atoms with Gasteiger partial charge < -0.3 is 0 Å². The Balaban J connectivity index is 1.71. The van der Waals surface area contributed by atoms with Gasteiger partial charge in [0.1, 0.15) is 4.21 Å². The molecule has 6 nitrogen and oxygen atoms in total. The average Bonchev–Trinajstić information content (AvgIpc) is 3.20. The monoisotopic (exact) mass is 404 g/mol. The number of rotatable bonds is 4. The van der Waals surface area contributed by atoms with Crippen molar-refractivity contribution in [2.75, 3.05) is 4.72 Å². The smallest absolute Gasteiger partial charge is 0.271 e. The maximum absolute atomic E-state index is 12.5. The van der Waals surface area contributed by atoms with Gasteiger partial charge in [0.05, 0.1) is 10.0 Å². The highest BCUT2D eigenvalue weighted by atomic mass is 35.5. The predicted molar refractivity (Wildman–Crippen MR) is 103 cm³/mol. The molecule has 1 N–H and O–H groups in total. The molecule has 0 unspecified atom stereocenters. The first kappa shape index (κ1) is 17.0. The minimum Gasteiger partial charge on any atom is -0.288 e. The number of aryl methyl sites for hydroxylation is 1. The van der Waals surface area contributed by atoms with Gasteiger partial charge in [-0.2, -0.15) is 0 Å². The molecule has 0 fully saturated rings. The van der Waals surface area contributed by atoms with E-state index in [-0.39, 0.29) is 4.21 Å². The molecule has 0 atom stereocenters. The quantitative estimate of drug-likeness (QED) is 0.552. The van der Waals surface area contributed by atoms with E-state index in [1.165, 1.54) is 6.07 Å². The van der Waals surface area contributed by atoms with E-state index in [0.29, 0.717) is 15.8 Å². The number of aromatic nitrogens is 3. The summed E-state index contributed by atoms with van der Waals surface area (Å²) in [5, 5.41) is 0. The zero-order valence-electron chi connectivity index (χ0n) is 13.5. The maximum Gasteiger partial charge on any atom is 0.271 e. The van der Waals surface area contributed by atoms with E-state index in [1.807, 2.05) is 29.7 Å². The maximum atomic E-state index is 12.5. The fourth-order valence-corrected chi connectivity index (χ4v) is 5.19. The van der Waals surface area contributed by atoms with Crippen LogP contribution in [0.5, 0.6) is 0 Å². The van der Waals surface area contributed by atoms with Crippen LogP contribution in [0.2, 0.25) is 4.34 Å². The van der Waals surface area contributed by atoms with E-state index >= 15 is 0 Å². The third kappa shape index (κ3) is 3.07. The fraction of sp³-hybridized carbons (Fsp3) is 0.0588. The van der Waals surface area contributed by atoms with Crippen LogP contribution in [0.1, 0.15) is 5.69 Å². The molecule has 0 aliphatic heterocycles. The van der Waals surface area contributed by atoms with Crippen molar-refractivity contribution in [2.24, 2.45) is 0 Å². The van der Waals surface area contributed by atoms with E-state index in [1.54, 1.807) is 30.5 Å². The summed E-state index contributed by atoms with van der Waals surface area (Å²) in [5.74, 6) is 0.596. The Morgan fingerprint density at radius 3 is 2.77 bits per heavy atom. The molecule has 0 saturated carbocycles. The van der Waals surface area contributed by atoms with Crippen molar-refractivity contribution < 1.29 is 8.42 Å². The van der Waals surface area contributed by atoms with Gasteiger partial charge in [0, 0.05) is 29.3 Å². The molecule has 4 aromatic rings. The van der Waals surface area contributed by atoms with Gasteiger partial charge in [-0.05, 0) is 37.3 Å². The molecule has 4 rings (SSSR count). The lowest BCUT2D eigenvalue weighted by molar-refractivity contribution is 0.603. The number of hydrogen-bond acceptors (Lipinski definition) is 5.